The van der Waals surface area contributed by atoms with Crippen LogP contribution in [-0.2, 0) is 0 Å². The smallest absolute Gasteiger partial charge is 0.105 e. The average Bonchev–Trinajstić information content (AvgIpc) is 2.41. The number of rotatable bonds is 3. The number of aryl methyl sites for hydroxylation is 1. The Morgan fingerprint density at radius 1 is 1.06 bits per heavy atom. The summed E-state index contributed by atoms with van der Waals surface area (Å²) in [5.74, 6) is 0. The zero-order valence-corrected chi connectivity index (χ0v) is 9.96. The molecule has 0 saturated carbocycles. The fraction of sp³-hybridized carbons (Fsp3) is 0.0714. The van der Waals surface area contributed by atoms with Gasteiger partial charge in [-0.2, -0.15) is 5.26 Å². The first-order chi connectivity index (χ1) is 8.79. The largest absolute Gasteiger partial charge is 0.260 e. The van der Waals surface area contributed by atoms with E-state index in [-0.39, 0.29) is 0 Å². The van der Waals surface area contributed by atoms with E-state index in [0.717, 1.165) is 5.69 Å². The van der Waals surface area contributed by atoms with Gasteiger partial charge in [-0.05, 0) is 31.2 Å². The van der Waals surface area contributed by atoms with E-state index in [9.17, 15) is 0 Å². The summed E-state index contributed by atoms with van der Waals surface area (Å²) in [4.78, 5) is 0. The van der Waals surface area contributed by atoms with Gasteiger partial charge in [-0.15, -0.1) is 5.11 Å². The van der Waals surface area contributed by atoms with Crippen molar-refractivity contribution >= 4 is 11.4 Å². The number of hydrogen-bond acceptors (Lipinski definition) is 3. The predicted molar refractivity (Wildman–Crippen MR) is 70.5 cm³/mol. The zero-order valence-electron chi connectivity index (χ0n) is 9.96. The fourth-order valence-electron chi connectivity index (χ4n) is 1.42. The lowest BCUT2D eigenvalue weighted by Crippen LogP contribution is -1.86. The maximum absolute atomic E-state index is 8.89. The Morgan fingerprint density at radius 3 is 2.50 bits per heavy atom. The van der Waals surface area contributed by atoms with E-state index in [0.29, 0.717) is 11.3 Å². The molecule has 0 aliphatic rings. The second-order valence-corrected chi connectivity index (χ2v) is 3.81. The van der Waals surface area contributed by atoms with Gasteiger partial charge in [-0.3, -0.25) is 5.43 Å². The van der Waals surface area contributed by atoms with Gasteiger partial charge in [-0.25, -0.2) is 0 Å². The third-order valence-corrected chi connectivity index (χ3v) is 2.41. The third kappa shape index (κ3) is 2.92. The molecule has 4 heteroatoms. The van der Waals surface area contributed by atoms with Crippen LogP contribution in [0, 0.1) is 18.3 Å². The first kappa shape index (κ1) is 11.8. The Hall–Kier alpha value is -2.67. The van der Waals surface area contributed by atoms with Gasteiger partial charge in [0.15, 0.2) is 0 Å². The Balaban J connectivity index is 2.08. The summed E-state index contributed by atoms with van der Waals surface area (Å²) in [7, 11) is 0. The summed E-state index contributed by atoms with van der Waals surface area (Å²) < 4.78 is 0. The van der Waals surface area contributed by atoms with Crippen molar-refractivity contribution < 1.29 is 0 Å². The minimum Gasteiger partial charge on any atom is -0.260 e. The van der Waals surface area contributed by atoms with Crippen LogP contribution < -0.4 is 5.43 Å². The molecule has 0 aliphatic heterocycles. The topological polar surface area (TPSA) is 60.5 Å². The van der Waals surface area contributed by atoms with Crippen molar-refractivity contribution in [2.24, 2.45) is 10.3 Å². The van der Waals surface area contributed by atoms with Crippen LogP contribution in [0.1, 0.15) is 11.1 Å². The molecular weight excluding hydrogens is 224 g/mol. The maximum atomic E-state index is 8.89. The summed E-state index contributed by atoms with van der Waals surface area (Å²) >= 11 is 0. The molecule has 0 atom stereocenters. The Morgan fingerprint density at radius 2 is 1.78 bits per heavy atom. The highest BCUT2D eigenvalue weighted by molar-refractivity contribution is 5.52. The van der Waals surface area contributed by atoms with Crippen molar-refractivity contribution in [3.63, 3.8) is 0 Å². The first-order valence-electron chi connectivity index (χ1n) is 5.52. The summed E-state index contributed by atoms with van der Waals surface area (Å²) in [5.41, 5.74) is 5.93. The van der Waals surface area contributed by atoms with Crippen molar-refractivity contribution in [2.45, 2.75) is 6.92 Å². The molecule has 18 heavy (non-hydrogen) atoms. The fourth-order valence-corrected chi connectivity index (χ4v) is 1.42. The number of nitrogens with one attached hydrogen (secondary N) is 1. The highest BCUT2D eigenvalue weighted by atomic mass is 15.4. The van der Waals surface area contributed by atoms with Gasteiger partial charge in [0.2, 0.25) is 0 Å². The minimum atomic E-state index is 0.506. The van der Waals surface area contributed by atoms with Crippen LogP contribution in [0.2, 0.25) is 0 Å². The lowest BCUT2D eigenvalue weighted by molar-refractivity contribution is 1.13. The summed E-state index contributed by atoms with van der Waals surface area (Å²) in [5, 5.41) is 16.8. The van der Waals surface area contributed by atoms with Gasteiger partial charge in [0.05, 0.1) is 11.3 Å². The SMILES string of the molecule is Cc1ccc(NN=Nc2ccccc2C#N)cc1. The number of nitriles is 1. The molecule has 0 amide bonds. The molecular formula is C14H12N4. The standard InChI is InChI=1S/C14H12N4/c1-11-6-8-13(9-7-11)16-18-17-14-5-3-2-4-12(14)10-15/h2-9H,1H3,(H,16,17). The summed E-state index contributed by atoms with van der Waals surface area (Å²) in [6.07, 6.45) is 0. The van der Waals surface area contributed by atoms with E-state index in [1.807, 2.05) is 37.3 Å². The van der Waals surface area contributed by atoms with E-state index in [4.69, 9.17) is 5.26 Å². The van der Waals surface area contributed by atoms with E-state index >= 15 is 0 Å². The molecule has 0 fully saturated rings. The normalized spacial score (nSPS) is 10.2. The van der Waals surface area contributed by atoms with Crippen LogP contribution in [0.3, 0.4) is 0 Å². The monoisotopic (exact) mass is 236 g/mol. The Kier molecular flexibility index (Phi) is 3.67. The number of anilines is 1. The molecule has 2 rings (SSSR count). The van der Waals surface area contributed by atoms with Crippen molar-refractivity contribution in [1.82, 2.24) is 0 Å². The molecule has 0 radical (unpaired) electrons. The molecule has 0 heterocycles. The molecule has 4 nitrogen and oxygen atoms in total. The summed E-state index contributed by atoms with van der Waals surface area (Å²) in [6, 6.07) is 17.0. The molecule has 2 aromatic rings. The third-order valence-electron chi connectivity index (χ3n) is 2.41. The maximum Gasteiger partial charge on any atom is 0.105 e. The average molecular weight is 236 g/mol. The molecule has 1 N–H and O–H groups in total. The zero-order chi connectivity index (χ0) is 12.8. The van der Waals surface area contributed by atoms with E-state index in [1.54, 1.807) is 18.2 Å². The van der Waals surface area contributed by atoms with Crippen molar-refractivity contribution in [1.29, 1.82) is 5.26 Å². The van der Waals surface area contributed by atoms with Gasteiger partial charge in [-0.1, -0.05) is 35.1 Å². The molecule has 0 bridgehead atoms. The van der Waals surface area contributed by atoms with E-state index in [2.05, 4.69) is 21.8 Å². The van der Waals surface area contributed by atoms with Crippen LogP contribution in [0.15, 0.2) is 58.9 Å². The number of hydrogen-bond donors (Lipinski definition) is 1. The first-order valence-corrected chi connectivity index (χ1v) is 5.52. The van der Waals surface area contributed by atoms with Crippen LogP contribution in [0.5, 0.6) is 0 Å². The van der Waals surface area contributed by atoms with Gasteiger partial charge in [0.1, 0.15) is 11.8 Å². The molecule has 0 spiro atoms. The van der Waals surface area contributed by atoms with Crippen molar-refractivity contribution in [2.75, 3.05) is 5.43 Å². The molecule has 88 valence electrons. The van der Waals surface area contributed by atoms with Crippen LogP contribution in [-0.4, -0.2) is 0 Å². The van der Waals surface area contributed by atoms with Gasteiger partial charge in [0.25, 0.3) is 0 Å². The lowest BCUT2D eigenvalue weighted by Gasteiger charge is -1.99. The summed E-state index contributed by atoms with van der Waals surface area (Å²) in [6.45, 7) is 2.02. The van der Waals surface area contributed by atoms with Crippen LogP contribution >= 0.6 is 0 Å². The van der Waals surface area contributed by atoms with Gasteiger partial charge in [0, 0.05) is 0 Å². The second-order valence-electron chi connectivity index (χ2n) is 3.81. The quantitative estimate of drug-likeness (QED) is 0.647. The van der Waals surface area contributed by atoms with Crippen molar-refractivity contribution in [3.8, 4) is 6.07 Å². The lowest BCUT2D eigenvalue weighted by atomic mass is 10.2. The second kappa shape index (κ2) is 5.60. The molecule has 0 unspecified atom stereocenters. The molecule has 0 aromatic heterocycles. The molecule has 2 aromatic carbocycles. The molecule has 0 saturated heterocycles. The highest BCUT2D eigenvalue weighted by Crippen LogP contribution is 2.18. The predicted octanol–water partition coefficient (Wildman–Crippen LogP) is 3.98. The molecule has 0 aliphatic carbocycles. The highest BCUT2D eigenvalue weighted by Gasteiger charge is 1.97. The van der Waals surface area contributed by atoms with Gasteiger partial charge >= 0.3 is 0 Å². The van der Waals surface area contributed by atoms with Crippen LogP contribution in [0.4, 0.5) is 11.4 Å². The van der Waals surface area contributed by atoms with Crippen molar-refractivity contribution in [3.05, 3.63) is 59.7 Å². The van der Waals surface area contributed by atoms with E-state index < -0.39 is 0 Å². The Bertz CT molecular complexity index is 594. The van der Waals surface area contributed by atoms with Crippen LogP contribution in [0.25, 0.3) is 0 Å². The van der Waals surface area contributed by atoms with Gasteiger partial charge < -0.3 is 0 Å². The number of benzene rings is 2. The van der Waals surface area contributed by atoms with E-state index in [1.165, 1.54) is 5.56 Å². The number of nitrogens with zero attached hydrogens (tertiary/aromatic N) is 3. The Labute approximate surface area is 106 Å². The minimum absolute atomic E-state index is 0.506.